The number of carbonyl (C=O) groups excluding carboxylic acids is 2. The van der Waals surface area contributed by atoms with Crippen molar-refractivity contribution in [1.29, 1.82) is 0 Å². The Bertz CT molecular complexity index is 651. The first-order valence-corrected chi connectivity index (χ1v) is 14.7. The summed E-state index contributed by atoms with van der Waals surface area (Å²) in [4.78, 5) is 25.8. The third-order valence-electron chi connectivity index (χ3n) is 9.25. The minimum absolute atomic E-state index is 0.0416. The number of likely N-dealkylation sites (tertiary alicyclic amines) is 2. The quantitative estimate of drug-likeness (QED) is 0.273. The molecule has 8 nitrogen and oxygen atoms in total. The summed E-state index contributed by atoms with van der Waals surface area (Å²) in [6.45, 7) is 1.95. The van der Waals surface area contributed by atoms with E-state index in [9.17, 15) is 20.0 Å². The topological polar surface area (TPSA) is 104 Å². The molecule has 2 aliphatic heterocycles. The SMILES string of the molecule is O=C(NC1CCCC1)[C@@H]1CCCC[N+]1([O-])CCCCC[N+]1([O-])CCCC[C@H]1C(=O)NC1CCCC1. The Balaban J connectivity index is 1.23. The van der Waals surface area contributed by atoms with E-state index in [1.54, 1.807) is 0 Å². The number of quaternary nitrogens is 2. The van der Waals surface area contributed by atoms with Gasteiger partial charge in [-0.1, -0.05) is 25.7 Å². The third kappa shape index (κ3) is 6.96. The van der Waals surface area contributed by atoms with Crippen molar-refractivity contribution in [2.75, 3.05) is 26.2 Å². The molecule has 2 saturated heterocycles. The fourth-order valence-corrected chi connectivity index (χ4v) is 7.11. The van der Waals surface area contributed by atoms with E-state index < -0.39 is 21.4 Å². The molecule has 4 fully saturated rings. The van der Waals surface area contributed by atoms with Crippen LogP contribution in [0.15, 0.2) is 0 Å². The molecule has 4 aliphatic rings. The van der Waals surface area contributed by atoms with Crippen molar-refractivity contribution in [1.82, 2.24) is 10.6 Å². The van der Waals surface area contributed by atoms with Gasteiger partial charge in [0.25, 0.3) is 11.8 Å². The van der Waals surface area contributed by atoms with Crippen molar-refractivity contribution in [2.24, 2.45) is 0 Å². The molecule has 0 aromatic carbocycles. The molecule has 0 bridgehead atoms. The maximum absolute atomic E-state index is 13.7. The van der Waals surface area contributed by atoms with Gasteiger partial charge in [-0.05, 0) is 70.6 Å². The second-order valence-corrected chi connectivity index (χ2v) is 11.9. The molecule has 2 heterocycles. The Hall–Kier alpha value is -1.22. The Kier molecular flexibility index (Phi) is 9.47. The highest BCUT2D eigenvalue weighted by Crippen LogP contribution is 2.29. The standard InChI is InChI=1S/C27H48N4O4/c32-26(28-22-12-2-3-13-22)24-16-6-10-20-30(24,34)18-8-1-9-19-31(35)21-11-7-17-25(31)27(33)29-23-14-4-5-15-23/h22-25H,1-21H2,(H,28,32)(H,29,33)/t24-,25-,30?,31?/m0/s1. The molecular formula is C27H48N4O4. The van der Waals surface area contributed by atoms with Crippen molar-refractivity contribution < 1.29 is 18.9 Å². The average Bonchev–Trinajstić information content (AvgIpc) is 3.53. The molecule has 2 aliphatic carbocycles. The molecule has 4 atom stereocenters. The molecule has 0 spiro atoms. The van der Waals surface area contributed by atoms with Crippen molar-refractivity contribution >= 4 is 11.8 Å². The highest BCUT2D eigenvalue weighted by atomic mass is 16.6. The second-order valence-electron chi connectivity index (χ2n) is 11.9. The number of carbonyl (C=O) groups is 2. The number of rotatable bonds is 10. The van der Waals surface area contributed by atoms with Crippen molar-refractivity contribution in [2.45, 2.75) is 133 Å². The van der Waals surface area contributed by atoms with Gasteiger partial charge >= 0.3 is 0 Å². The fourth-order valence-electron chi connectivity index (χ4n) is 7.11. The lowest BCUT2D eigenvalue weighted by molar-refractivity contribution is -0.903. The summed E-state index contributed by atoms with van der Waals surface area (Å²) in [6.07, 6.45) is 16.1. The van der Waals surface area contributed by atoms with E-state index in [4.69, 9.17) is 0 Å². The van der Waals surface area contributed by atoms with Gasteiger partial charge in [0.2, 0.25) is 0 Å². The molecule has 4 rings (SSSR count). The summed E-state index contributed by atoms with van der Waals surface area (Å²) in [7, 11) is 0. The van der Waals surface area contributed by atoms with E-state index in [2.05, 4.69) is 10.6 Å². The van der Waals surface area contributed by atoms with E-state index in [0.29, 0.717) is 39.0 Å². The molecule has 0 aromatic heterocycles. The van der Waals surface area contributed by atoms with Crippen LogP contribution in [0.1, 0.15) is 109 Å². The molecule has 2 unspecified atom stereocenters. The van der Waals surface area contributed by atoms with Crippen LogP contribution >= 0.6 is 0 Å². The van der Waals surface area contributed by atoms with E-state index in [1.807, 2.05) is 0 Å². The lowest BCUT2D eigenvalue weighted by Crippen LogP contribution is -2.61. The molecule has 0 radical (unpaired) electrons. The largest absolute Gasteiger partial charge is 0.632 e. The van der Waals surface area contributed by atoms with Crippen LogP contribution in [0.2, 0.25) is 0 Å². The average molecular weight is 493 g/mol. The van der Waals surface area contributed by atoms with Gasteiger partial charge in [-0.3, -0.25) is 9.59 Å². The third-order valence-corrected chi connectivity index (χ3v) is 9.25. The monoisotopic (exact) mass is 492 g/mol. The number of piperidine rings is 2. The normalized spacial score (nSPS) is 34.7. The molecule has 2 amide bonds. The summed E-state index contributed by atoms with van der Waals surface area (Å²) < 4.78 is -0.801. The predicted molar refractivity (Wildman–Crippen MR) is 137 cm³/mol. The van der Waals surface area contributed by atoms with Gasteiger partial charge in [0.05, 0.1) is 26.2 Å². The second kappa shape index (κ2) is 12.3. The lowest BCUT2D eigenvalue weighted by Gasteiger charge is -2.51. The van der Waals surface area contributed by atoms with Crippen LogP contribution in [-0.2, 0) is 9.59 Å². The van der Waals surface area contributed by atoms with E-state index >= 15 is 0 Å². The number of nitrogens with zero attached hydrogens (tertiary/aromatic N) is 2. The van der Waals surface area contributed by atoms with Gasteiger partial charge in [0, 0.05) is 24.9 Å². The Morgan fingerprint density at radius 1 is 0.571 bits per heavy atom. The lowest BCUT2D eigenvalue weighted by atomic mass is 9.98. The van der Waals surface area contributed by atoms with Crippen LogP contribution < -0.4 is 10.6 Å². The zero-order chi connectivity index (χ0) is 24.7. The van der Waals surface area contributed by atoms with Gasteiger partial charge < -0.3 is 30.3 Å². The summed E-state index contributed by atoms with van der Waals surface area (Å²) in [6, 6.07) is -0.461. The summed E-state index contributed by atoms with van der Waals surface area (Å²) in [5.41, 5.74) is 0. The smallest absolute Gasteiger partial charge is 0.278 e. The molecule has 8 heteroatoms. The van der Waals surface area contributed by atoms with Crippen LogP contribution in [0.3, 0.4) is 0 Å². The molecule has 200 valence electrons. The number of unbranched alkanes of at least 4 members (excludes halogenated alkanes) is 2. The zero-order valence-corrected chi connectivity index (χ0v) is 21.7. The maximum atomic E-state index is 13.7. The minimum Gasteiger partial charge on any atom is -0.632 e. The van der Waals surface area contributed by atoms with E-state index in [-0.39, 0.29) is 23.9 Å². The fraction of sp³-hybridized carbons (Fsp3) is 0.926. The van der Waals surface area contributed by atoms with Crippen LogP contribution in [0, 0.1) is 10.4 Å². The van der Waals surface area contributed by atoms with Crippen molar-refractivity contribution in [3.63, 3.8) is 0 Å². The van der Waals surface area contributed by atoms with Gasteiger partial charge in [-0.2, -0.15) is 0 Å². The first kappa shape index (κ1) is 26.8. The van der Waals surface area contributed by atoms with Crippen molar-refractivity contribution in [3.8, 4) is 0 Å². The minimum atomic E-state index is -0.479. The molecule has 35 heavy (non-hydrogen) atoms. The predicted octanol–water partition coefficient (Wildman–Crippen LogP) is 4.01. The number of hydrogen-bond donors (Lipinski definition) is 2. The van der Waals surface area contributed by atoms with Crippen LogP contribution in [-0.4, -0.2) is 71.5 Å². The number of nitrogens with one attached hydrogen (secondary N) is 2. The van der Waals surface area contributed by atoms with Gasteiger partial charge in [0.15, 0.2) is 12.1 Å². The highest BCUT2D eigenvalue weighted by molar-refractivity contribution is 5.81. The zero-order valence-electron chi connectivity index (χ0n) is 21.7. The summed E-state index contributed by atoms with van der Waals surface area (Å²) in [5.74, 6) is -0.0831. The van der Waals surface area contributed by atoms with Crippen LogP contribution in [0.25, 0.3) is 0 Å². The van der Waals surface area contributed by atoms with Crippen LogP contribution in [0.4, 0.5) is 0 Å². The Labute approximate surface area is 211 Å². The Morgan fingerprint density at radius 2 is 0.943 bits per heavy atom. The highest BCUT2D eigenvalue weighted by Gasteiger charge is 2.40. The van der Waals surface area contributed by atoms with Crippen molar-refractivity contribution in [3.05, 3.63) is 10.4 Å². The first-order chi connectivity index (χ1) is 16.9. The number of hydrogen-bond acceptors (Lipinski definition) is 4. The first-order valence-electron chi connectivity index (χ1n) is 14.7. The van der Waals surface area contributed by atoms with Gasteiger partial charge in [-0.25, -0.2) is 0 Å². The summed E-state index contributed by atoms with van der Waals surface area (Å²) in [5, 5.41) is 33.6. The van der Waals surface area contributed by atoms with Crippen LogP contribution in [0.5, 0.6) is 0 Å². The summed E-state index contributed by atoms with van der Waals surface area (Å²) >= 11 is 0. The molecule has 0 aromatic rings. The Morgan fingerprint density at radius 3 is 1.34 bits per heavy atom. The molecule has 2 saturated carbocycles. The number of hydroxylamine groups is 6. The van der Waals surface area contributed by atoms with Gasteiger partial charge in [0.1, 0.15) is 0 Å². The molecule has 2 N–H and O–H groups in total. The van der Waals surface area contributed by atoms with E-state index in [1.165, 1.54) is 0 Å². The van der Waals surface area contributed by atoms with E-state index in [0.717, 1.165) is 96.3 Å². The molecular weight excluding hydrogens is 444 g/mol. The number of amides is 2. The maximum Gasteiger partial charge on any atom is 0.278 e. The van der Waals surface area contributed by atoms with Gasteiger partial charge in [-0.15, -0.1) is 0 Å².